The molecule has 4 saturated carbocycles. The van der Waals surface area contributed by atoms with Crippen molar-refractivity contribution in [2.45, 2.75) is 141 Å². The SMILES string of the molecule is C.C.CCCC1CC(C)C2C3CC(C12)C(C)(C(=O)OC(C)(C)C)C3.CCCC1CC(C)CC1(C)C(=O)Oc1ccccc1. The first-order valence-corrected chi connectivity index (χ1v) is 16.7. The fraction of sp³-hybridized carbons (Fsp3) is 0.795. The van der Waals surface area contributed by atoms with Crippen LogP contribution < -0.4 is 4.74 Å². The Morgan fingerprint density at radius 2 is 1.47 bits per heavy atom. The van der Waals surface area contributed by atoms with Crippen LogP contribution in [0.4, 0.5) is 0 Å². The average molecular weight is 599 g/mol. The molecule has 2 bridgehead atoms. The lowest BCUT2D eigenvalue weighted by atomic mass is 9.63. The number of hydrogen-bond donors (Lipinski definition) is 0. The maximum absolute atomic E-state index is 12.9. The Labute approximate surface area is 265 Å². The molecule has 246 valence electrons. The van der Waals surface area contributed by atoms with E-state index < -0.39 is 0 Å². The van der Waals surface area contributed by atoms with Crippen LogP contribution >= 0.6 is 0 Å². The van der Waals surface area contributed by atoms with Gasteiger partial charge in [0.05, 0.1) is 10.8 Å². The van der Waals surface area contributed by atoms with Gasteiger partial charge in [0.2, 0.25) is 0 Å². The van der Waals surface area contributed by atoms with E-state index in [-0.39, 0.29) is 43.2 Å². The minimum atomic E-state index is -0.368. The van der Waals surface area contributed by atoms with Crippen LogP contribution in [0.1, 0.15) is 135 Å². The summed E-state index contributed by atoms with van der Waals surface area (Å²) in [6.45, 7) is 19.4. The second kappa shape index (κ2) is 14.5. The van der Waals surface area contributed by atoms with E-state index >= 15 is 0 Å². The molecular formula is C39H66O4. The van der Waals surface area contributed by atoms with Crippen molar-refractivity contribution in [2.75, 3.05) is 0 Å². The van der Waals surface area contributed by atoms with E-state index in [1.807, 2.05) is 51.1 Å². The third kappa shape index (κ3) is 7.70. The molecule has 0 radical (unpaired) electrons. The van der Waals surface area contributed by atoms with E-state index in [1.165, 1.54) is 25.7 Å². The smallest absolute Gasteiger partial charge is 0.317 e. The minimum absolute atomic E-state index is 0. The summed E-state index contributed by atoms with van der Waals surface area (Å²) >= 11 is 0. The molecule has 0 saturated heterocycles. The zero-order valence-electron chi connectivity index (χ0n) is 27.5. The number of ether oxygens (including phenoxy) is 2. The molecule has 4 heteroatoms. The first-order chi connectivity index (χ1) is 19.2. The van der Waals surface area contributed by atoms with Crippen molar-refractivity contribution in [1.82, 2.24) is 0 Å². The van der Waals surface area contributed by atoms with Gasteiger partial charge in [-0.25, -0.2) is 0 Å². The lowest BCUT2D eigenvalue weighted by molar-refractivity contribution is -0.172. The van der Waals surface area contributed by atoms with Crippen molar-refractivity contribution < 1.29 is 19.1 Å². The van der Waals surface area contributed by atoms with Gasteiger partial charge in [-0.05, 0) is 133 Å². The minimum Gasteiger partial charge on any atom is -0.460 e. The molecule has 1 aromatic carbocycles. The maximum atomic E-state index is 12.9. The highest BCUT2D eigenvalue weighted by Gasteiger charge is 2.66. The van der Waals surface area contributed by atoms with E-state index in [4.69, 9.17) is 9.47 Å². The molecule has 1 aromatic rings. The predicted octanol–water partition coefficient (Wildman–Crippen LogP) is 10.8. The molecule has 0 N–H and O–H groups in total. The second-order valence-electron chi connectivity index (χ2n) is 15.8. The fourth-order valence-electron chi connectivity index (χ4n) is 9.88. The van der Waals surface area contributed by atoms with Crippen LogP contribution in [0.2, 0.25) is 0 Å². The van der Waals surface area contributed by atoms with Gasteiger partial charge in [-0.3, -0.25) is 9.59 Å². The summed E-state index contributed by atoms with van der Waals surface area (Å²) in [5.74, 6) is 6.47. The first kappa shape index (κ1) is 37.3. The van der Waals surface area contributed by atoms with Gasteiger partial charge in [0, 0.05) is 0 Å². The number of carbonyl (C=O) groups is 2. The number of fused-ring (bicyclic) bond motifs is 5. The Bertz CT molecular complexity index is 1040. The Kier molecular flexibility index (Phi) is 12.6. The van der Waals surface area contributed by atoms with E-state index in [1.54, 1.807) is 0 Å². The van der Waals surface area contributed by atoms with Gasteiger partial charge in [-0.1, -0.05) is 80.0 Å². The third-order valence-corrected chi connectivity index (χ3v) is 11.3. The monoisotopic (exact) mass is 598 g/mol. The molecule has 43 heavy (non-hydrogen) atoms. The van der Waals surface area contributed by atoms with Crippen LogP contribution in [0.3, 0.4) is 0 Å². The van der Waals surface area contributed by atoms with Crippen molar-refractivity contribution in [3.05, 3.63) is 30.3 Å². The maximum Gasteiger partial charge on any atom is 0.317 e. The second-order valence-corrected chi connectivity index (χ2v) is 15.8. The van der Waals surface area contributed by atoms with Gasteiger partial charge >= 0.3 is 11.9 Å². The van der Waals surface area contributed by atoms with E-state index in [2.05, 4.69) is 41.5 Å². The Morgan fingerprint density at radius 1 is 0.837 bits per heavy atom. The lowest BCUT2D eigenvalue weighted by Gasteiger charge is -2.42. The quantitative estimate of drug-likeness (QED) is 0.231. The summed E-state index contributed by atoms with van der Waals surface area (Å²) in [5.41, 5.74) is -0.909. The molecule has 4 nitrogen and oxygen atoms in total. The van der Waals surface area contributed by atoms with Crippen LogP contribution in [0.5, 0.6) is 5.75 Å². The molecule has 10 atom stereocenters. The summed E-state index contributed by atoms with van der Waals surface area (Å²) in [5, 5.41) is 0. The lowest BCUT2D eigenvalue weighted by Crippen LogP contribution is -2.44. The van der Waals surface area contributed by atoms with Crippen LogP contribution in [0.15, 0.2) is 30.3 Å². The number of hydrogen-bond acceptors (Lipinski definition) is 4. The van der Waals surface area contributed by atoms with E-state index in [9.17, 15) is 9.59 Å². The third-order valence-electron chi connectivity index (χ3n) is 11.3. The number of esters is 2. The number of rotatable bonds is 7. The molecule has 0 heterocycles. The average Bonchev–Trinajstić information content (AvgIpc) is 3.60. The largest absolute Gasteiger partial charge is 0.460 e. The summed E-state index contributed by atoms with van der Waals surface area (Å²) in [7, 11) is 0. The zero-order chi connectivity index (χ0) is 30.2. The van der Waals surface area contributed by atoms with Crippen LogP contribution in [-0.2, 0) is 14.3 Å². The van der Waals surface area contributed by atoms with Crippen LogP contribution in [-0.4, -0.2) is 17.5 Å². The van der Waals surface area contributed by atoms with Gasteiger partial charge in [-0.2, -0.15) is 0 Å². The fourth-order valence-corrected chi connectivity index (χ4v) is 9.88. The molecule has 0 aromatic heterocycles. The van der Waals surface area contributed by atoms with Gasteiger partial charge in [0.15, 0.2) is 0 Å². The van der Waals surface area contributed by atoms with Gasteiger partial charge in [0.1, 0.15) is 11.4 Å². The van der Waals surface area contributed by atoms with Crippen molar-refractivity contribution in [3.8, 4) is 5.75 Å². The van der Waals surface area contributed by atoms with Crippen LogP contribution in [0, 0.1) is 58.2 Å². The van der Waals surface area contributed by atoms with Crippen molar-refractivity contribution >= 4 is 11.9 Å². The molecule has 0 aliphatic heterocycles. The Morgan fingerprint density at radius 3 is 2.05 bits per heavy atom. The van der Waals surface area contributed by atoms with Crippen LogP contribution in [0.25, 0.3) is 0 Å². The molecular weight excluding hydrogens is 532 g/mol. The zero-order valence-corrected chi connectivity index (χ0v) is 27.5. The van der Waals surface area contributed by atoms with Gasteiger partial charge < -0.3 is 9.47 Å². The van der Waals surface area contributed by atoms with E-state index in [0.717, 1.165) is 61.7 Å². The molecule has 0 amide bonds. The first-order valence-electron chi connectivity index (χ1n) is 16.7. The molecule has 10 unspecified atom stereocenters. The molecule has 4 aliphatic rings. The molecule has 5 rings (SSSR count). The highest BCUT2D eigenvalue weighted by Crippen LogP contribution is 2.69. The summed E-state index contributed by atoms with van der Waals surface area (Å²) in [6.07, 6.45) is 10.7. The summed E-state index contributed by atoms with van der Waals surface area (Å²) < 4.78 is 11.4. The molecule has 4 fully saturated rings. The highest BCUT2D eigenvalue weighted by molar-refractivity contribution is 5.79. The number of carbonyl (C=O) groups excluding carboxylic acids is 2. The predicted molar refractivity (Wildman–Crippen MR) is 180 cm³/mol. The van der Waals surface area contributed by atoms with Crippen molar-refractivity contribution in [1.29, 1.82) is 0 Å². The highest BCUT2D eigenvalue weighted by atomic mass is 16.6. The van der Waals surface area contributed by atoms with Gasteiger partial charge in [-0.15, -0.1) is 0 Å². The number of para-hydroxylation sites is 1. The molecule has 0 spiro atoms. The summed E-state index contributed by atoms with van der Waals surface area (Å²) in [4.78, 5) is 25.4. The standard InChI is InChI=1S/C20H34O2.C17H24O2.2CH4/c1-7-8-13-9-12(2)16-14-10-15(17(13)16)20(6,11-14)18(21)22-19(3,4)5;1-4-8-14-11-13(2)12-17(14,3)16(18)19-15-9-6-5-7-10-15;;/h12-17H,7-11H2,1-6H3;5-7,9-10,13-14H,4,8,11-12H2,1-3H3;2*1H4. The van der Waals surface area contributed by atoms with Crippen molar-refractivity contribution in [3.63, 3.8) is 0 Å². The normalized spacial score (nSPS) is 37.3. The van der Waals surface area contributed by atoms with Crippen molar-refractivity contribution in [2.24, 2.45) is 58.2 Å². The molecule has 4 aliphatic carbocycles. The van der Waals surface area contributed by atoms with E-state index in [0.29, 0.717) is 23.5 Å². The Hall–Kier alpha value is -1.84. The number of benzene rings is 1. The van der Waals surface area contributed by atoms with Gasteiger partial charge in [0.25, 0.3) is 0 Å². The summed E-state index contributed by atoms with van der Waals surface area (Å²) in [6, 6.07) is 9.40. The topological polar surface area (TPSA) is 52.6 Å². The Balaban J connectivity index is 0.000000290.